The van der Waals surface area contributed by atoms with Crippen LogP contribution in [0.3, 0.4) is 0 Å². The number of amides is 1. The van der Waals surface area contributed by atoms with Crippen LogP contribution >= 0.6 is 0 Å². The summed E-state index contributed by atoms with van der Waals surface area (Å²) in [5, 5.41) is 11.5. The molecule has 8 nitrogen and oxygen atoms in total. The van der Waals surface area contributed by atoms with Crippen LogP contribution in [-0.2, 0) is 9.53 Å². The summed E-state index contributed by atoms with van der Waals surface area (Å²) in [5.41, 5.74) is 3.82. The zero-order valence-electron chi connectivity index (χ0n) is 16.1. The van der Waals surface area contributed by atoms with Crippen molar-refractivity contribution in [2.24, 2.45) is 5.92 Å². The third-order valence-electron chi connectivity index (χ3n) is 5.19. The molecule has 3 aromatic rings. The van der Waals surface area contributed by atoms with E-state index in [-0.39, 0.29) is 24.0 Å². The summed E-state index contributed by atoms with van der Waals surface area (Å²) in [5.74, 6) is 0.0827. The van der Waals surface area contributed by atoms with Crippen LogP contribution in [0, 0.1) is 19.8 Å². The molecule has 1 aromatic carbocycles. The van der Waals surface area contributed by atoms with Gasteiger partial charge in [0.05, 0.1) is 29.4 Å². The highest BCUT2D eigenvalue weighted by Gasteiger charge is 2.39. The number of rotatable bonds is 5. The molecule has 0 saturated carbocycles. The molecule has 8 heteroatoms. The van der Waals surface area contributed by atoms with Gasteiger partial charge in [0.15, 0.2) is 5.82 Å². The number of aryl methyl sites for hydroxylation is 1. The lowest BCUT2D eigenvalue weighted by molar-refractivity contribution is -0.127. The van der Waals surface area contributed by atoms with Gasteiger partial charge in [0.2, 0.25) is 12.3 Å². The van der Waals surface area contributed by atoms with E-state index in [1.165, 1.54) is 6.39 Å². The molecule has 2 aromatic heterocycles. The van der Waals surface area contributed by atoms with Crippen molar-refractivity contribution in [3.8, 4) is 5.69 Å². The SMILES string of the molecule is Cc1nn(-c2ccccc2)c(C)c1[C@H]1OCC[C@@H]1C(=O)NC(C)c1ncon1. The monoisotopic (exact) mass is 381 g/mol. The number of benzene rings is 1. The zero-order chi connectivity index (χ0) is 19.7. The Bertz CT molecular complexity index is 952. The molecule has 28 heavy (non-hydrogen) atoms. The second kappa shape index (κ2) is 7.55. The predicted octanol–water partition coefficient (Wildman–Crippen LogP) is 2.83. The quantitative estimate of drug-likeness (QED) is 0.730. The normalized spacial score (nSPS) is 20.2. The van der Waals surface area contributed by atoms with Crippen LogP contribution in [0.1, 0.15) is 48.3 Å². The van der Waals surface area contributed by atoms with Gasteiger partial charge in [-0.3, -0.25) is 4.79 Å². The van der Waals surface area contributed by atoms with Crippen molar-refractivity contribution in [1.82, 2.24) is 25.2 Å². The number of hydrogen-bond donors (Lipinski definition) is 1. The topological polar surface area (TPSA) is 95.1 Å². The van der Waals surface area contributed by atoms with E-state index in [4.69, 9.17) is 14.4 Å². The zero-order valence-corrected chi connectivity index (χ0v) is 16.1. The van der Waals surface area contributed by atoms with Gasteiger partial charge in [-0.1, -0.05) is 23.4 Å². The van der Waals surface area contributed by atoms with Crippen LogP contribution in [0.2, 0.25) is 0 Å². The van der Waals surface area contributed by atoms with E-state index in [9.17, 15) is 4.79 Å². The van der Waals surface area contributed by atoms with Crippen molar-refractivity contribution in [2.45, 2.75) is 39.3 Å². The minimum atomic E-state index is -0.332. The van der Waals surface area contributed by atoms with Crippen LogP contribution in [0.5, 0.6) is 0 Å². The molecule has 3 atom stereocenters. The lowest BCUT2D eigenvalue weighted by Crippen LogP contribution is -2.34. The number of carbonyl (C=O) groups excluding carboxylic acids is 1. The van der Waals surface area contributed by atoms with E-state index in [0.29, 0.717) is 18.9 Å². The number of para-hydroxylation sites is 1. The molecule has 146 valence electrons. The summed E-state index contributed by atoms with van der Waals surface area (Å²) in [4.78, 5) is 16.9. The number of ether oxygens (including phenoxy) is 1. The van der Waals surface area contributed by atoms with Gasteiger partial charge < -0.3 is 14.6 Å². The first-order valence-corrected chi connectivity index (χ1v) is 9.36. The van der Waals surface area contributed by atoms with E-state index < -0.39 is 0 Å². The van der Waals surface area contributed by atoms with Crippen molar-refractivity contribution in [3.63, 3.8) is 0 Å². The van der Waals surface area contributed by atoms with Crippen molar-refractivity contribution < 1.29 is 14.1 Å². The van der Waals surface area contributed by atoms with Crippen molar-refractivity contribution in [2.75, 3.05) is 6.61 Å². The van der Waals surface area contributed by atoms with Gasteiger partial charge in [0.25, 0.3) is 0 Å². The van der Waals surface area contributed by atoms with E-state index in [1.807, 2.05) is 55.8 Å². The lowest BCUT2D eigenvalue weighted by atomic mass is 9.93. The summed E-state index contributed by atoms with van der Waals surface area (Å²) in [6.45, 7) is 6.34. The van der Waals surface area contributed by atoms with E-state index in [1.54, 1.807) is 0 Å². The minimum Gasteiger partial charge on any atom is -0.373 e. The third kappa shape index (κ3) is 3.31. The largest absolute Gasteiger partial charge is 0.373 e. The Kier molecular flexibility index (Phi) is 4.95. The summed E-state index contributed by atoms with van der Waals surface area (Å²) in [7, 11) is 0. The van der Waals surface area contributed by atoms with Crippen molar-refractivity contribution >= 4 is 5.91 Å². The highest BCUT2D eigenvalue weighted by molar-refractivity contribution is 5.80. The molecular formula is C20H23N5O3. The van der Waals surface area contributed by atoms with Gasteiger partial charge in [-0.25, -0.2) is 4.68 Å². The molecule has 0 radical (unpaired) electrons. The number of aromatic nitrogens is 4. The fourth-order valence-corrected chi connectivity index (χ4v) is 3.78. The summed E-state index contributed by atoms with van der Waals surface area (Å²) < 4.78 is 12.7. The molecule has 4 rings (SSSR count). The second-order valence-electron chi connectivity index (χ2n) is 7.04. The van der Waals surface area contributed by atoms with Gasteiger partial charge in [-0.15, -0.1) is 0 Å². The summed E-state index contributed by atoms with van der Waals surface area (Å²) >= 11 is 0. The lowest BCUT2D eigenvalue weighted by Gasteiger charge is -2.20. The van der Waals surface area contributed by atoms with Gasteiger partial charge >= 0.3 is 0 Å². The standard InChI is InChI=1S/C20H23N5O3/c1-12-17(14(3)25(23-12)15-7-5-4-6-8-15)18-16(9-10-27-18)20(26)22-13(2)19-21-11-28-24-19/h4-8,11,13,16,18H,9-10H2,1-3H3,(H,22,26)/t13?,16-,18-/m0/s1. The molecule has 0 bridgehead atoms. The molecule has 1 fully saturated rings. The highest BCUT2D eigenvalue weighted by Crippen LogP contribution is 2.38. The molecule has 0 spiro atoms. The first-order chi connectivity index (χ1) is 13.6. The van der Waals surface area contributed by atoms with Crippen LogP contribution in [0.25, 0.3) is 5.69 Å². The molecular weight excluding hydrogens is 358 g/mol. The third-order valence-corrected chi connectivity index (χ3v) is 5.19. The Labute approximate surface area is 162 Å². The summed E-state index contributed by atoms with van der Waals surface area (Å²) in [6, 6.07) is 9.62. The maximum absolute atomic E-state index is 12.9. The first kappa shape index (κ1) is 18.4. The molecule has 3 heterocycles. The second-order valence-corrected chi connectivity index (χ2v) is 7.04. The van der Waals surface area contributed by atoms with Crippen LogP contribution in [0.15, 0.2) is 41.2 Å². The maximum atomic E-state index is 12.9. The fourth-order valence-electron chi connectivity index (χ4n) is 3.78. The van der Waals surface area contributed by atoms with Crippen LogP contribution < -0.4 is 5.32 Å². The molecule has 1 aliphatic rings. The Hall–Kier alpha value is -3.00. The van der Waals surface area contributed by atoms with Gasteiger partial charge in [-0.2, -0.15) is 10.1 Å². The average molecular weight is 381 g/mol. The molecule has 1 aliphatic heterocycles. The smallest absolute Gasteiger partial charge is 0.226 e. The van der Waals surface area contributed by atoms with Crippen molar-refractivity contribution in [1.29, 1.82) is 0 Å². The van der Waals surface area contributed by atoms with Crippen molar-refractivity contribution in [3.05, 3.63) is 59.5 Å². The molecule has 1 amide bonds. The Morgan fingerprint density at radius 3 is 2.79 bits per heavy atom. The number of hydrogen-bond acceptors (Lipinski definition) is 6. The summed E-state index contributed by atoms with van der Waals surface area (Å²) in [6.07, 6.45) is 1.59. The van der Waals surface area contributed by atoms with Gasteiger partial charge in [-0.05, 0) is 39.3 Å². The number of nitrogens with zero attached hydrogens (tertiary/aromatic N) is 4. The van der Waals surface area contributed by atoms with Gasteiger partial charge in [0, 0.05) is 17.9 Å². The minimum absolute atomic E-state index is 0.0777. The molecule has 1 saturated heterocycles. The number of nitrogens with one attached hydrogen (secondary N) is 1. The Morgan fingerprint density at radius 2 is 2.07 bits per heavy atom. The van der Waals surface area contributed by atoms with E-state index in [2.05, 4.69) is 15.5 Å². The van der Waals surface area contributed by atoms with Gasteiger partial charge in [0.1, 0.15) is 0 Å². The molecule has 1 N–H and O–H groups in total. The maximum Gasteiger partial charge on any atom is 0.226 e. The Balaban J connectivity index is 1.58. The highest BCUT2D eigenvalue weighted by atomic mass is 16.5. The Morgan fingerprint density at radius 1 is 1.29 bits per heavy atom. The van der Waals surface area contributed by atoms with E-state index >= 15 is 0 Å². The predicted molar refractivity (Wildman–Crippen MR) is 101 cm³/mol. The van der Waals surface area contributed by atoms with E-state index in [0.717, 1.165) is 22.6 Å². The first-order valence-electron chi connectivity index (χ1n) is 9.36. The molecule has 0 aliphatic carbocycles. The van der Waals surface area contributed by atoms with Crippen LogP contribution in [0.4, 0.5) is 0 Å². The molecule has 1 unspecified atom stereocenters. The average Bonchev–Trinajstić information content (AvgIpc) is 3.43. The fraction of sp³-hybridized carbons (Fsp3) is 0.400. The van der Waals surface area contributed by atoms with Crippen LogP contribution in [-0.4, -0.2) is 32.4 Å². The number of carbonyl (C=O) groups is 1.